The summed E-state index contributed by atoms with van der Waals surface area (Å²) < 4.78 is 0. The third-order valence-corrected chi connectivity index (χ3v) is 6.24. The number of aromatic nitrogens is 4. The molecule has 2 aromatic heterocycles. The minimum Gasteiger partial charge on any atom is -0.370 e. The molecule has 8 nitrogen and oxygen atoms in total. The van der Waals surface area contributed by atoms with Gasteiger partial charge in [-0.25, -0.2) is 9.97 Å². The van der Waals surface area contributed by atoms with Crippen LogP contribution in [0.5, 0.6) is 0 Å². The Morgan fingerprint density at radius 2 is 1.15 bits per heavy atom. The van der Waals surface area contributed by atoms with Crippen molar-refractivity contribution in [2.45, 2.75) is 32.1 Å². The van der Waals surface area contributed by atoms with Gasteiger partial charge in [0.25, 0.3) is 0 Å². The van der Waals surface area contributed by atoms with Crippen LogP contribution in [0.4, 0.5) is 0 Å². The number of imidazole rings is 2. The first-order chi connectivity index (χ1) is 16.3. The number of amidine groups is 2. The van der Waals surface area contributed by atoms with E-state index in [1.807, 2.05) is 0 Å². The van der Waals surface area contributed by atoms with E-state index in [9.17, 15) is 0 Å². The molecule has 0 bridgehead atoms. The van der Waals surface area contributed by atoms with Gasteiger partial charge in [0.15, 0.2) is 0 Å². The maximum Gasteiger partial charge on any atom is 0.128 e. The van der Waals surface area contributed by atoms with Gasteiger partial charge in [-0.15, -0.1) is 0 Å². The molecule has 4 heterocycles. The van der Waals surface area contributed by atoms with E-state index in [0.717, 1.165) is 108 Å². The van der Waals surface area contributed by atoms with Crippen molar-refractivity contribution < 1.29 is 0 Å². The van der Waals surface area contributed by atoms with E-state index in [1.165, 1.54) is 0 Å². The van der Waals surface area contributed by atoms with E-state index in [-0.39, 0.29) is 0 Å². The normalized spacial score (nSPS) is 17.1. The molecule has 4 aromatic rings. The highest BCUT2D eigenvalue weighted by Crippen LogP contribution is 2.19. The molecule has 2 aromatic carbocycles. The van der Waals surface area contributed by atoms with Crippen LogP contribution in [0.2, 0.25) is 0 Å². The Morgan fingerprint density at radius 1 is 0.636 bits per heavy atom. The van der Waals surface area contributed by atoms with E-state index in [0.29, 0.717) is 6.42 Å². The molecule has 0 radical (unpaired) electrons. The van der Waals surface area contributed by atoms with Crippen LogP contribution in [0.3, 0.4) is 0 Å². The minimum absolute atomic E-state index is 0.617. The molecule has 0 unspecified atom stereocenters. The molecule has 33 heavy (non-hydrogen) atoms. The molecule has 0 spiro atoms. The molecule has 0 saturated carbocycles. The number of fused-ring (bicyclic) bond motifs is 2. The number of aliphatic imine (C=N–C) groups is 2. The fourth-order valence-electron chi connectivity index (χ4n) is 4.51. The predicted molar refractivity (Wildman–Crippen MR) is 132 cm³/mol. The van der Waals surface area contributed by atoms with E-state index >= 15 is 0 Å². The first kappa shape index (κ1) is 20.0. The first-order valence-electron chi connectivity index (χ1n) is 11.9. The van der Waals surface area contributed by atoms with Crippen LogP contribution in [-0.4, -0.2) is 57.8 Å². The standard InChI is InChI=1S/C25H28N8/c1-2-10-27-24(26-9-1)16-5-7-18-20(13-16)32-22(30-18)15-23-31-19-8-6-17(14-21(19)33-23)25-28-11-3-4-12-29-25/h5-8,13-14H,1-4,9-12,15H2,(H,26,27)(H,28,29)(H,30,32)(H,31,33). The monoisotopic (exact) mass is 440 g/mol. The van der Waals surface area contributed by atoms with E-state index < -0.39 is 0 Å². The number of benzene rings is 2. The van der Waals surface area contributed by atoms with Crippen molar-refractivity contribution in [1.29, 1.82) is 0 Å². The van der Waals surface area contributed by atoms with Crippen molar-refractivity contribution >= 4 is 33.7 Å². The van der Waals surface area contributed by atoms with Gasteiger partial charge in [0.05, 0.1) is 28.5 Å². The third-order valence-electron chi connectivity index (χ3n) is 6.24. The van der Waals surface area contributed by atoms with Gasteiger partial charge in [0.1, 0.15) is 23.3 Å². The topological polar surface area (TPSA) is 106 Å². The molecule has 0 fully saturated rings. The summed E-state index contributed by atoms with van der Waals surface area (Å²) in [5.41, 5.74) is 6.16. The predicted octanol–water partition coefficient (Wildman–Crippen LogP) is 3.29. The number of hydrogen-bond donors (Lipinski definition) is 4. The Kier molecular flexibility index (Phi) is 5.26. The van der Waals surface area contributed by atoms with Crippen LogP contribution in [0.15, 0.2) is 46.4 Å². The number of hydrogen-bond acceptors (Lipinski definition) is 6. The second-order valence-electron chi connectivity index (χ2n) is 8.74. The van der Waals surface area contributed by atoms with Gasteiger partial charge in [0, 0.05) is 37.3 Å². The summed E-state index contributed by atoms with van der Waals surface area (Å²) in [4.78, 5) is 25.9. The Labute approximate surface area is 192 Å². The van der Waals surface area contributed by atoms with Crippen LogP contribution < -0.4 is 10.6 Å². The Hall–Kier alpha value is -3.68. The average molecular weight is 441 g/mol. The lowest BCUT2D eigenvalue weighted by molar-refractivity contribution is 0.749. The van der Waals surface area contributed by atoms with Gasteiger partial charge in [-0.1, -0.05) is 0 Å². The Bertz CT molecular complexity index is 1260. The van der Waals surface area contributed by atoms with Gasteiger partial charge in [-0.2, -0.15) is 0 Å². The average Bonchev–Trinajstić information content (AvgIpc) is 3.15. The molecular weight excluding hydrogens is 412 g/mol. The SMILES string of the molecule is c1cc2nc(Cc3nc4ccc(C5=NCCCCN5)cc4[nH]3)[nH]c2cc1C1=NCCCCN1. The zero-order chi connectivity index (χ0) is 22.0. The molecule has 2 aliphatic rings. The third kappa shape index (κ3) is 4.20. The van der Waals surface area contributed by atoms with Crippen molar-refractivity contribution in [1.82, 2.24) is 30.6 Å². The zero-order valence-electron chi connectivity index (χ0n) is 18.6. The van der Waals surface area contributed by atoms with Gasteiger partial charge in [-0.05, 0) is 62.1 Å². The zero-order valence-corrected chi connectivity index (χ0v) is 18.6. The number of nitrogens with one attached hydrogen (secondary N) is 4. The van der Waals surface area contributed by atoms with Crippen LogP contribution >= 0.6 is 0 Å². The molecule has 8 heteroatoms. The molecule has 2 aliphatic heterocycles. The number of nitrogens with zero attached hydrogens (tertiary/aromatic N) is 4. The summed E-state index contributed by atoms with van der Waals surface area (Å²) in [6, 6.07) is 12.6. The quantitative estimate of drug-likeness (QED) is 0.391. The second kappa shape index (κ2) is 8.69. The van der Waals surface area contributed by atoms with Gasteiger partial charge >= 0.3 is 0 Å². The van der Waals surface area contributed by atoms with E-state index in [2.05, 4.69) is 67.0 Å². The summed E-state index contributed by atoms with van der Waals surface area (Å²) >= 11 is 0. The van der Waals surface area contributed by atoms with Gasteiger partial charge in [-0.3, -0.25) is 9.98 Å². The fourth-order valence-corrected chi connectivity index (χ4v) is 4.51. The molecule has 0 saturated heterocycles. The summed E-state index contributed by atoms with van der Waals surface area (Å²) in [6.45, 7) is 3.71. The first-order valence-corrected chi connectivity index (χ1v) is 11.9. The molecule has 0 aliphatic carbocycles. The number of rotatable bonds is 4. The maximum atomic E-state index is 4.78. The van der Waals surface area contributed by atoms with E-state index in [4.69, 9.17) is 9.97 Å². The van der Waals surface area contributed by atoms with Crippen LogP contribution in [0, 0.1) is 0 Å². The molecule has 0 atom stereocenters. The Balaban J connectivity index is 1.24. The minimum atomic E-state index is 0.617. The smallest absolute Gasteiger partial charge is 0.128 e. The van der Waals surface area contributed by atoms with Crippen molar-refractivity contribution in [2.75, 3.05) is 26.2 Å². The van der Waals surface area contributed by atoms with Crippen LogP contribution in [-0.2, 0) is 6.42 Å². The van der Waals surface area contributed by atoms with Crippen molar-refractivity contribution in [3.05, 3.63) is 59.2 Å². The summed E-state index contributed by atoms with van der Waals surface area (Å²) in [5.74, 6) is 3.75. The summed E-state index contributed by atoms with van der Waals surface area (Å²) in [7, 11) is 0. The fraction of sp³-hybridized carbons (Fsp3) is 0.360. The molecule has 4 N–H and O–H groups in total. The highest BCUT2D eigenvalue weighted by atomic mass is 15.0. The maximum absolute atomic E-state index is 4.78. The largest absolute Gasteiger partial charge is 0.370 e. The Morgan fingerprint density at radius 3 is 1.67 bits per heavy atom. The van der Waals surface area contributed by atoms with Gasteiger partial charge < -0.3 is 20.6 Å². The summed E-state index contributed by atoms with van der Waals surface area (Å²) in [5, 5.41) is 6.89. The van der Waals surface area contributed by atoms with Crippen molar-refractivity contribution in [2.24, 2.45) is 9.98 Å². The second-order valence-corrected chi connectivity index (χ2v) is 8.74. The van der Waals surface area contributed by atoms with Crippen molar-refractivity contribution in [3.63, 3.8) is 0 Å². The molecule has 0 amide bonds. The highest BCUT2D eigenvalue weighted by molar-refractivity contribution is 6.02. The molecular formula is C25H28N8. The molecule has 168 valence electrons. The van der Waals surface area contributed by atoms with Crippen molar-refractivity contribution in [3.8, 4) is 0 Å². The lowest BCUT2D eigenvalue weighted by Crippen LogP contribution is -2.24. The van der Waals surface area contributed by atoms with Crippen LogP contribution in [0.1, 0.15) is 48.5 Å². The lowest BCUT2D eigenvalue weighted by atomic mass is 10.2. The van der Waals surface area contributed by atoms with E-state index in [1.54, 1.807) is 0 Å². The van der Waals surface area contributed by atoms with Gasteiger partial charge in [0.2, 0.25) is 0 Å². The number of aromatic amines is 2. The lowest BCUT2D eigenvalue weighted by Gasteiger charge is -2.06. The summed E-state index contributed by atoms with van der Waals surface area (Å²) in [6.07, 6.45) is 5.21. The molecule has 6 rings (SSSR count). The number of H-pyrrole nitrogens is 2. The van der Waals surface area contributed by atoms with Crippen LogP contribution in [0.25, 0.3) is 22.1 Å². The highest BCUT2D eigenvalue weighted by Gasteiger charge is 2.13.